The van der Waals surface area contributed by atoms with E-state index >= 15 is 0 Å². The van der Waals surface area contributed by atoms with E-state index in [1.165, 1.54) is 5.56 Å². The van der Waals surface area contributed by atoms with Crippen LogP contribution in [0.3, 0.4) is 0 Å². The maximum Gasteiger partial charge on any atom is 0.170 e. The molecule has 0 aliphatic carbocycles. The van der Waals surface area contributed by atoms with Crippen molar-refractivity contribution in [2.75, 3.05) is 13.6 Å². The van der Waals surface area contributed by atoms with Gasteiger partial charge in [0, 0.05) is 12.1 Å². The highest BCUT2D eigenvalue weighted by atomic mass is 16.4. The van der Waals surface area contributed by atoms with Crippen LogP contribution in [-0.2, 0) is 6.54 Å². The molecule has 0 amide bonds. The fraction of sp³-hybridized carbons (Fsp3) is 0.417. The minimum absolute atomic E-state index is 0.153. The van der Waals surface area contributed by atoms with Gasteiger partial charge in [0.1, 0.15) is 0 Å². The molecule has 0 spiro atoms. The Morgan fingerprint density at radius 2 is 2.25 bits per heavy atom. The molecule has 88 valence electrons. The van der Waals surface area contributed by atoms with Crippen LogP contribution in [0.5, 0.6) is 0 Å². The van der Waals surface area contributed by atoms with Gasteiger partial charge < -0.3 is 15.8 Å². The van der Waals surface area contributed by atoms with Gasteiger partial charge in [-0.25, -0.2) is 0 Å². The quantitative estimate of drug-likeness (QED) is 0.344. The molecule has 0 aliphatic rings. The predicted octanol–water partition coefficient (Wildman–Crippen LogP) is 1.62. The zero-order chi connectivity index (χ0) is 12.0. The van der Waals surface area contributed by atoms with Gasteiger partial charge in [-0.3, -0.25) is 0 Å². The highest BCUT2D eigenvalue weighted by molar-refractivity contribution is 5.97. The van der Waals surface area contributed by atoms with Crippen molar-refractivity contribution in [3.63, 3.8) is 0 Å². The number of oxime groups is 1. The van der Waals surface area contributed by atoms with Crippen molar-refractivity contribution in [2.45, 2.75) is 19.9 Å². The molecule has 1 rings (SSSR count). The van der Waals surface area contributed by atoms with Crippen LogP contribution in [0.15, 0.2) is 29.4 Å². The highest BCUT2D eigenvalue weighted by Gasteiger charge is 2.02. The Balaban J connectivity index is 2.75. The minimum Gasteiger partial charge on any atom is -0.409 e. The summed E-state index contributed by atoms with van der Waals surface area (Å²) in [6.07, 6.45) is 1.14. The topological polar surface area (TPSA) is 61.8 Å². The van der Waals surface area contributed by atoms with E-state index in [2.05, 4.69) is 24.0 Å². The van der Waals surface area contributed by atoms with E-state index in [-0.39, 0.29) is 5.84 Å². The lowest BCUT2D eigenvalue weighted by atomic mass is 10.1. The van der Waals surface area contributed by atoms with Gasteiger partial charge in [-0.1, -0.05) is 30.3 Å². The average Bonchev–Trinajstić information content (AvgIpc) is 2.28. The Hall–Kier alpha value is -1.55. The second-order valence-electron chi connectivity index (χ2n) is 3.92. The summed E-state index contributed by atoms with van der Waals surface area (Å²) in [5.74, 6) is 0.153. The van der Waals surface area contributed by atoms with Crippen molar-refractivity contribution in [2.24, 2.45) is 10.9 Å². The first-order valence-corrected chi connectivity index (χ1v) is 5.42. The van der Waals surface area contributed by atoms with Crippen LogP contribution in [0.25, 0.3) is 0 Å². The van der Waals surface area contributed by atoms with Gasteiger partial charge in [0.05, 0.1) is 0 Å². The van der Waals surface area contributed by atoms with Gasteiger partial charge in [-0.15, -0.1) is 0 Å². The Labute approximate surface area is 96.4 Å². The Morgan fingerprint density at radius 1 is 1.50 bits per heavy atom. The molecule has 0 aromatic heterocycles. The zero-order valence-corrected chi connectivity index (χ0v) is 9.85. The second kappa shape index (κ2) is 6.12. The first-order chi connectivity index (χ1) is 7.67. The summed E-state index contributed by atoms with van der Waals surface area (Å²) in [5, 5.41) is 11.6. The maximum atomic E-state index is 8.60. The van der Waals surface area contributed by atoms with E-state index in [0.29, 0.717) is 0 Å². The highest BCUT2D eigenvalue weighted by Crippen LogP contribution is 2.07. The summed E-state index contributed by atoms with van der Waals surface area (Å²) in [5.41, 5.74) is 7.46. The van der Waals surface area contributed by atoms with E-state index in [9.17, 15) is 0 Å². The van der Waals surface area contributed by atoms with Crippen molar-refractivity contribution in [3.8, 4) is 0 Å². The van der Waals surface area contributed by atoms with E-state index in [4.69, 9.17) is 10.9 Å². The first kappa shape index (κ1) is 12.5. The lowest BCUT2D eigenvalue weighted by molar-refractivity contribution is 0.318. The molecule has 0 fully saturated rings. The molecule has 0 bridgehead atoms. The van der Waals surface area contributed by atoms with Crippen LogP contribution >= 0.6 is 0 Å². The molecule has 0 radical (unpaired) electrons. The zero-order valence-electron chi connectivity index (χ0n) is 9.85. The lowest BCUT2D eigenvalue weighted by Crippen LogP contribution is -2.19. The largest absolute Gasteiger partial charge is 0.409 e. The number of benzene rings is 1. The molecule has 1 aromatic rings. The molecule has 4 nitrogen and oxygen atoms in total. The third kappa shape index (κ3) is 3.55. The van der Waals surface area contributed by atoms with Crippen LogP contribution < -0.4 is 5.73 Å². The monoisotopic (exact) mass is 221 g/mol. The number of rotatable bonds is 5. The Kier molecular flexibility index (Phi) is 4.79. The smallest absolute Gasteiger partial charge is 0.170 e. The fourth-order valence-electron chi connectivity index (χ4n) is 1.66. The number of hydrogen-bond acceptors (Lipinski definition) is 3. The molecule has 3 N–H and O–H groups in total. The molecule has 0 atom stereocenters. The van der Waals surface area contributed by atoms with Gasteiger partial charge in [0.15, 0.2) is 5.84 Å². The molecular weight excluding hydrogens is 202 g/mol. The fourth-order valence-corrected chi connectivity index (χ4v) is 1.66. The van der Waals surface area contributed by atoms with Gasteiger partial charge >= 0.3 is 0 Å². The third-order valence-corrected chi connectivity index (χ3v) is 2.39. The SMILES string of the molecule is CCCN(C)Cc1cccc(/C(N)=N/O)c1. The van der Waals surface area contributed by atoms with Crippen LogP contribution in [0.1, 0.15) is 24.5 Å². The predicted molar refractivity (Wildman–Crippen MR) is 65.6 cm³/mol. The van der Waals surface area contributed by atoms with E-state index in [1.807, 2.05) is 24.3 Å². The lowest BCUT2D eigenvalue weighted by Gasteiger charge is -2.15. The third-order valence-electron chi connectivity index (χ3n) is 2.39. The average molecular weight is 221 g/mol. The number of amidine groups is 1. The molecule has 0 saturated heterocycles. The van der Waals surface area contributed by atoms with Crippen molar-refractivity contribution < 1.29 is 5.21 Å². The van der Waals surface area contributed by atoms with Crippen LogP contribution in [0.4, 0.5) is 0 Å². The van der Waals surface area contributed by atoms with Crippen molar-refractivity contribution in [1.29, 1.82) is 0 Å². The summed E-state index contributed by atoms with van der Waals surface area (Å²) in [4.78, 5) is 2.24. The maximum absolute atomic E-state index is 8.60. The molecule has 4 heteroatoms. The molecule has 0 unspecified atom stereocenters. The van der Waals surface area contributed by atoms with Crippen LogP contribution in [0, 0.1) is 0 Å². The second-order valence-corrected chi connectivity index (χ2v) is 3.92. The van der Waals surface area contributed by atoms with E-state index in [0.717, 1.165) is 25.1 Å². The van der Waals surface area contributed by atoms with Gasteiger partial charge in [-0.2, -0.15) is 0 Å². The summed E-state index contributed by atoms with van der Waals surface area (Å²) >= 11 is 0. The van der Waals surface area contributed by atoms with Crippen LogP contribution in [-0.4, -0.2) is 29.5 Å². The summed E-state index contributed by atoms with van der Waals surface area (Å²) in [6, 6.07) is 7.74. The summed E-state index contributed by atoms with van der Waals surface area (Å²) in [7, 11) is 2.08. The van der Waals surface area contributed by atoms with Gasteiger partial charge in [-0.05, 0) is 31.6 Å². The standard InChI is InChI=1S/C12H19N3O/c1-3-7-15(2)9-10-5-4-6-11(8-10)12(13)14-16/h4-6,8,16H,3,7,9H2,1-2H3,(H2,13,14). The first-order valence-electron chi connectivity index (χ1n) is 5.42. The summed E-state index contributed by atoms with van der Waals surface area (Å²) < 4.78 is 0. The normalized spacial score (nSPS) is 12.1. The van der Waals surface area contributed by atoms with Gasteiger partial charge in [0.25, 0.3) is 0 Å². The molecule has 1 aromatic carbocycles. The van der Waals surface area contributed by atoms with E-state index in [1.54, 1.807) is 0 Å². The Morgan fingerprint density at radius 3 is 2.88 bits per heavy atom. The molecular formula is C12H19N3O. The Bertz CT molecular complexity index is 363. The number of nitrogens with zero attached hydrogens (tertiary/aromatic N) is 2. The molecule has 16 heavy (non-hydrogen) atoms. The summed E-state index contributed by atoms with van der Waals surface area (Å²) in [6.45, 7) is 4.09. The molecule has 0 aliphatic heterocycles. The molecule has 0 saturated carbocycles. The van der Waals surface area contributed by atoms with Crippen molar-refractivity contribution in [3.05, 3.63) is 35.4 Å². The number of nitrogens with two attached hydrogens (primary N) is 1. The van der Waals surface area contributed by atoms with Gasteiger partial charge in [0.2, 0.25) is 0 Å². The van der Waals surface area contributed by atoms with Crippen molar-refractivity contribution in [1.82, 2.24) is 4.90 Å². The van der Waals surface area contributed by atoms with Crippen LogP contribution in [0.2, 0.25) is 0 Å². The minimum atomic E-state index is 0.153. The van der Waals surface area contributed by atoms with Crippen molar-refractivity contribution >= 4 is 5.84 Å². The molecule has 0 heterocycles. The number of hydrogen-bond donors (Lipinski definition) is 2. The van der Waals surface area contributed by atoms with E-state index < -0.39 is 0 Å².